The Kier molecular flexibility index (Phi) is 12.9. The number of hydrogen-bond acceptors (Lipinski definition) is 8. The minimum atomic E-state index is -0.449. The van der Waals surface area contributed by atoms with E-state index in [1.165, 1.54) is 0 Å². The second-order valence-corrected chi connectivity index (χ2v) is 15.5. The molecule has 1 saturated heterocycles. The van der Waals surface area contributed by atoms with Crippen LogP contribution in [0.5, 0.6) is 11.5 Å². The van der Waals surface area contributed by atoms with E-state index in [-0.39, 0.29) is 29.6 Å². The number of rotatable bonds is 11. The molecule has 12 nitrogen and oxygen atoms in total. The second-order valence-electron chi connectivity index (χ2n) is 15.1. The van der Waals surface area contributed by atoms with E-state index in [2.05, 4.69) is 27.8 Å². The number of nitrogens with zero attached hydrogens (tertiary/aromatic N) is 3. The highest BCUT2D eigenvalue weighted by Crippen LogP contribution is 2.38. The van der Waals surface area contributed by atoms with Crippen LogP contribution in [0.3, 0.4) is 0 Å². The number of carbonyl (C=O) groups is 1. The molecule has 3 aromatic rings. The lowest BCUT2D eigenvalue weighted by atomic mass is 9.85. The number of amides is 2. The number of allylic oxidation sites excluding steroid dienone is 1. The summed E-state index contributed by atoms with van der Waals surface area (Å²) in [5.41, 5.74) is 2.68. The summed E-state index contributed by atoms with van der Waals surface area (Å²) in [6.07, 6.45) is 7.58. The number of aromatic nitrogens is 1. The van der Waals surface area contributed by atoms with Crippen LogP contribution < -0.4 is 30.9 Å². The van der Waals surface area contributed by atoms with Crippen molar-refractivity contribution in [1.29, 1.82) is 16.2 Å². The van der Waals surface area contributed by atoms with Gasteiger partial charge in [0.05, 0.1) is 17.3 Å². The third-order valence-electron chi connectivity index (χ3n) is 9.60. The molecular formula is C40H54ClN9O3. The Morgan fingerprint density at radius 2 is 1.79 bits per heavy atom. The fourth-order valence-corrected chi connectivity index (χ4v) is 6.60. The molecule has 2 amide bonds. The van der Waals surface area contributed by atoms with Crippen molar-refractivity contribution < 1.29 is 14.3 Å². The summed E-state index contributed by atoms with van der Waals surface area (Å²) in [5, 5.41) is 35.9. The van der Waals surface area contributed by atoms with Crippen molar-refractivity contribution in [2.75, 3.05) is 39.1 Å². The van der Waals surface area contributed by atoms with Gasteiger partial charge in [0.15, 0.2) is 0 Å². The van der Waals surface area contributed by atoms with E-state index in [4.69, 9.17) is 37.3 Å². The standard InChI is InChI=1S/C40H54ClN9O3/c1-26-11-9-10-20-49(26)38(44)50-25-28(15-19-36(50)43)53-33-18-17-32(29-12-7-8-13-30(29)33)46-39(51)47-37(24-35(42)40(2,3)4)45-27-14-16-31(41)34(23-27)52-22-21-48(5)6/h7-8,12-16,19,23-26,32-33,42-45H,9-11,17-18,20-22H2,1-6H3,(H2,46,47,51)/b37-24+,42-35?,43-36?,44-38?/t26?,32-,33+/m0/s1. The number of ether oxygens (including phenoxy) is 2. The number of carbonyl (C=O) groups excluding carboxylic acids is 1. The van der Waals surface area contributed by atoms with E-state index in [1.807, 2.05) is 64.0 Å². The predicted molar refractivity (Wildman–Crippen MR) is 211 cm³/mol. The molecule has 2 aromatic carbocycles. The van der Waals surface area contributed by atoms with Crippen molar-refractivity contribution in [1.82, 2.24) is 25.0 Å². The lowest BCUT2D eigenvalue weighted by Gasteiger charge is -2.36. The maximum atomic E-state index is 13.6. The highest BCUT2D eigenvalue weighted by molar-refractivity contribution is 6.32. The quantitative estimate of drug-likeness (QED) is 0.0884. The highest BCUT2D eigenvalue weighted by atomic mass is 35.5. The van der Waals surface area contributed by atoms with Crippen molar-refractivity contribution in [2.24, 2.45) is 5.41 Å². The average Bonchev–Trinajstić information content (AvgIpc) is 3.10. The molecule has 13 heteroatoms. The fourth-order valence-electron chi connectivity index (χ4n) is 6.43. The number of anilines is 1. The number of fused-ring (bicyclic) bond motifs is 1. The van der Waals surface area contributed by atoms with Crippen molar-refractivity contribution in [3.05, 3.63) is 94.3 Å². The van der Waals surface area contributed by atoms with Gasteiger partial charge in [-0.05, 0) is 88.5 Å². The number of halogens is 1. The first kappa shape index (κ1) is 39.4. The zero-order chi connectivity index (χ0) is 38.3. The molecule has 1 aliphatic carbocycles. The Labute approximate surface area is 318 Å². The topological polar surface area (TPSA) is 155 Å². The number of nitrogens with one attached hydrogen (secondary N) is 6. The van der Waals surface area contributed by atoms with Crippen LogP contribution in [-0.4, -0.2) is 71.9 Å². The molecule has 3 atom stereocenters. The van der Waals surface area contributed by atoms with Crippen molar-refractivity contribution in [3.8, 4) is 11.5 Å². The molecule has 1 aliphatic heterocycles. The van der Waals surface area contributed by atoms with Crippen molar-refractivity contribution in [3.63, 3.8) is 0 Å². The number of urea groups is 1. The Balaban J connectivity index is 1.30. The average molecular weight is 744 g/mol. The number of benzene rings is 2. The molecule has 0 radical (unpaired) electrons. The molecule has 53 heavy (non-hydrogen) atoms. The highest BCUT2D eigenvalue weighted by Gasteiger charge is 2.30. The Morgan fingerprint density at radius 1 is 1.04 bits per heavy atom. The largest absolute Gasteiger partial charge is 0.491 e. The molecule has 6 N–H and O–H groups in total. The van der Waals surface area contributed by atoms with Crippen LogP contribution in [0.1, 0.15) is 83.1 Å². The van der Waals surface area contributed by atoms with Crippen LogP contribution >= 0.6 is 11.6 Å². The summed E-state index contributed by atoms with van der Waals surface area (Å²) in [4.78, 5) is 17.7. The zero-order valence-corrected chi connectivity index (χ0v) is 32.4. The monoisotopic (exact) mass is 743 g/mol. The van der Waals surface area contributed by atoms with Crippen LogP contribution in [0.4, 0.5) is 10.5 Å². The lowest BCUT2D eigenvalue weighted by molar-refractivity contribution is 0.170. The van der Waals surface area contributed by atoms with Gasteiger partial charge in [-0.3, -0.25) is 20.7 Å². The van der Waals surface area contributed by atoms with Gasteiger partial charge >= 0.3 is 6.03 Å². The number of likely N-dealkylation sites (N-methyl/N-ethyl adjacent to an activating group) is 1. The van der Waals surface area contributed by atoms with Gasteiger partial charge in [0, 0.05) is 48.1 Å². The zero-order valence-electron chi connectivity index (χ0n) is 31.7. The molecule has 1 fully saturated rings. The summed E-state index contributed by atoms with van der Waals surface area (Å²) in [5.74, 6) is 1.72. The van der Waals surface area contributed by atoms with Crippen LogP contribution in [0.25, 0.3) is 0 Å². The summed E-state index contributed by atoms with van der Waals surface area (Å²) >= 11 is 6.42. The minimum Gasteiger partial charge on any atom is -0.491 e. The third kappa shape index (κ3) is 10.4. The maximum absolute atomic E-state index is 13.6. The number of likely N-dealkylation sites (tertiary alicyclic amines) is 1. The van der Waals surface area contributed by atoms with Gasteiger partial charge in [-0.15, -0.1) is 0 Å². The van der Waals surface area contributed by atoms with Gasteiger partial charge < -0.3 is 35.3 Å². The van der Waals surface area contributed by atoms with Gasteiger partial charge in [0.1, 0.15) is 35.5 Å². The van der Waals surface area contributed by atoms with Gasteiger partial charge in [0.25, 0.3) is 0 Å². The normalized spacial score (nSPS) is 18.9. The van der Waals surface area contributed by atoms with E-state index in [0.29, 0.717) is 53.2 Å². The molecule has 1 aromatic heterocycles. The first-order valence-electron chi connectivity index (χ1n) is 18.3. The van der Waals surface area contributed by atoms with Crippen molar-refractivity contribution in [2.45, 2.75) is 78.0 Å². The van der Waals surface area contributed by atoms with E-state index in [0.717, 1.165) is 43.5 Å². The predicted octanol–water partition coefficient (Wildman–Crippen LogP) is 7.49. The van der Waals surface area contributed by atoms with Gasteiger partial charge in [0.2, 0.25) is 5.96 Å². The van der Waals surface area contributed by atoms with Gasteiger partial charge in [-0.2, -0.15) is 0 Å². The summed E-state index contributed by atoms with van der Waals surface area (Å²) in [6.45, 7) is 9.95. The van der Waals surface area contributed by atoms with E-state index < -0.39 is 11.4 Å². The fraction of sp³-hybridized carbons (Fsp3) is 0.450. The summed E-state index contributed by atoms with van der Waals surface area (Å²) in [6, 6.07) is 16.2. The van der Waals surface area contributed by atoms with Crippen LogP contribution in [0, 0.1) is 21.6 Å². The molecule has 0 saturated carbocycles. The first-order valence-corrected chi connectivity index (χ1v) is 18.7. The smallest absolute Gasteiger partial charge is 0.320 e. The Bertz CT molecular complexity index is 1880. The Hall–Kier alpha value is -4.81. The van der Waals surface area contributed by atoms with Crippen LogP contribution in [0.2, 0.25) is 5.02 Å². The number of pyridine rings is 1. The molecule has 2 aliphatic rings. The van der Waals surface area contributed by atoms with E-state index >= 15 is 0 Å². The van der Waals surface area contributed by atoms with Crippen molar-refractivity contribution >= 4 is 35.0 Å². The molecule has 284 valence electrons. The van der Waals surface area contributed by atoms with Gasteiger partial charge in [-0.1, -0.05) is 56.6 Å². The molecule has 1 unspecified atom stereocenters. The van der Waals surface area contributed by atoms with E-state index in [1.54, 1.807) is 47.2 Å². The lowest BCUT2D eigenvalue weighted by Crippen LogP contribution is -2.47. The minimum absolute atomic E-state index is 0.227. The van der Waals surface area contributed by atoms with E-state index in [9.17, 15) is 4.79 Å². The molecule has 0 spiro atoms. The van der Waals surface area contributed by atoms with Crippen LogP contribution in [0.15, 0.2) is 72.7 Å². The Morgan fingerprint density at radius 3 is 2.51 bits per heavy atom. The number of piperidine rings is 1. The molecule has 5 rings (SSSR count). The number of hydrogen-bond donors (Lipinski definition) is 6. The van der Waals surface area contributed by atoms with Crippen LogP contribution in [-0.2, 0) is 0 Å². The molecule has 2 heterocycles. The van der Waals surface area contributed by atoms with Gasteiger partial charge in [-0.25, -0.2) is 4.79 Å². The second kappa shape index (κ2) is 17.3. The molecule has 0 bridgehead atoms. The molecular weight excluding hydrogens is 690 g/mol. The first-order chi connectivity index (χ1) is 25.2. The summed E-state index contributed by atoms with van der Waals surface area (Å²) < 4.78 is 14.0. The summed E-state index contributed by atoms with van der Waals surface area (Å²) in [7, 11) is 3.94. The third-order valence-corrected chi connectivity index (χ3v) is 9.91. The maximum Gasteiger partial charge on any atom is 0.320 e. The SMILES string of the molecule is CC1CCCCN1C(=N)n1cc(O[C@@H]2CC[C@H](NC(=O)N/C(=C/C(=N)C(C)(C)C)Nc3ccc(Cl)c(OCCN(C)C)c3)c3ccccc32)ccc1=N.